The van der Waals surface area contributed by atoms with Gasteiger partial charge in [0.05, 0.1) is 54.7 Å². The Labute approximate surface area is 251 Å². The molecule has 2 aliphatic rings. The predicted molar refractivity (Wildman–Crippen MR) is 161 cm³/mol. The van der Waals surface area contributed by atoms with E-state index < -0.39 is 22.5 Å². The summed E-state index contributed by atoms with van der Waals surface area (Å²) in [7, 11) is 4.45. The third-order valence-corrected chi connectivity index (χ3v) is 8.46. The van der Waals surface area contributed by atoms with Crippen LogP contribution < -0.4 is 34.0 Å². The van der Waals surface area contributed by atoms with Crippen LogP contribution in [0.4, 0.5) is 11.4 Å². The number of aromatic nitrogens is 1. The summed E-state index contributed by atoms with van der Waals surface area (Å²) in [4.78, 5) is 45.8. The summed E-state index contributed by atoms with van der Waals surface area (Å²) in [5.41, 5.74) is 2.02. The van der Waals surface area contributed by atoms with Crippen molar-refractivity contribution in [2.24, 2.45) is 4.99 Å². The van der Waals surface area contributed by atoms with Crippen molar-refractivity contribution in [3.8, 4) is 17.2 Å². The molecule has 13 heteroatoms. The highest BCUT2D eigenvalue weighted by Gasteiger charge is 2.35. The number of benzene rings is 2. The molecule has 0 amide bonds. The van der Waals surface area contributed by atoms with Crippen LogP contribution in [0.15, 0.2) is 51.4 Å². The minimum Gasteiger partial charge on any atom is -0.493 e. The van der Waals surface area contributed by atoms with Gasteiger partial charge >= 0.3 is 5.97 Å². The highest BCUT2D eigenvalue weighted by Crippen LogP contribution is 2.42. The van der Waals surface area contributed by atoms with Gasteiger partial charge in [-0.3, -0.25) is 19.5 Å². The van der Waals surface area contributed by atoms with Gasteiger partial charge in [0, 0.05) is 36.5 Å². The maximum atomic E-state index is 14.2. The van der Waals surface area contributed by atoms with Crippen LogP contribution in [-0.2, 0) is 9.53 Å². The topological polar surface area (TPSA) is 135 Å². The van der Waals surface area contributed by atoms with E-state index in [9.17, 15) is 19.7 Å². The molecule has 2 aliphatic heterocycles. The molecule has 1 aromatic heterocycles. The molecule has 0 spiro atoms. The molecular weight excluding hydrogens is 576 g/mol. The van der Waals surface area contributed by atoms with Gasteiger partial charge in [-0.25, -0.2) is 9.79 Å². The number of thiazole rings is 1. The molecule has 3 aromatic rings. The fraction of sp³-hybridized carbons (Fsp3) is 0.367. The number of allylic oxidation sites excluding steroid dienone is 1. The molecule has 43 heavy (non-hydrogen) atoms. The third-order valence-electron chi connectivity index (χ3n) is 7.48. The molecule has 0 aliphatic carbocycles. The van der Waals surface area contributed by atoms with E-state index in [0.29, 0.717) is 43.4 Å². The highest BCUT2D eigenvalue weighted by atomic mass is 32.1. The summed E-state index contributed by atoms with van der Waals surface area (Å²) in [6, 6.07) is 7.15. The largest absolute Gasteiger partial charge is 0.493 e. The van der Waals surface area contributed by atoms with Crippen LogP contribution in [0.2, 0.25) is 0 Å². The van der Waals surface area contributed by atoms with Crippen molar-refractivity contribution in [1.82, 2.24) is 4.57 Å². The van der Waals surface area contributed by atoms with E-state index in [2.05, 4.69) is 9.89 Å². The van der Waals surface area contributed by atoms with Gasteiger partial charge in [-0.1, -0.05) is 11.3 Å². The van der Waals surface area contributed by atoms with Crippen LogP contribution >= 0.6 is 11.3 Å². The van der Waals surface area contributed by atoms with E-state index in [0.717, 1.165) is 43.0 Å². The Balaban J connectivity index is 1.77. The zero-order chi connectivity index (χ0) is 30.8. The molecule has 0 N–H and O–H groups in total. The number of nitrogens with zero attached hydrogens (tertiary/aromatic N) is 4. The number of nitro benzene ring substituents is 1. The Kier molecular flexibility index (Phi) is 8.53. The molecule has 5 rings (SSSR count). The summed E-state index contributed by atoms with van der Waals surface area (Å²) in [6.45, 7) is 5.18. The molecule has 1 fully saturated rings. The van der Waals surface area contributed by atoms with Crippen molar-refractivity contribution in [3.63, 3.8) is 0 Å². The molecule has 0 radical (unpaired) electrons. The zero-order valence-electron chi connectivity index (χ0n) is 24.5. The average molecular weight is 609 g/mol. The Morgan fingerprint density at radius 1 is 1.12 bits per heavy atom. The van der Waals surface area contributed by atoms with Crippen molar-refractivity contribution in [1.29, 1.82) is 0 Å². The van der Waals surface area contributed by atoms with E-state index in [-0.39, 0.29) is 17.9 Å². The second-order valence-electron chi connectivity index (χ2n) is 9.96. The fourth-order valence-electron chi connectivity index (χ4n) is 5.52. The Bertz CT molecular complexity index is 1780. The van der Waals surface area contributed by atoms with Crippen molar-refractivity contribution in [3.05, 3.63) is 82.5 Å². The first-order chi connectivity index (χ1) is 20.7. The predicted octanol–water partition coefficient (Wildman–Crippen LogP) is 3.33. The first-order valence-electron chi connectivity index (χ1n) is 13.7. The first-order valence-corrected chi connectivity index (χ1v) is 14.6. The van der Waals surface area contributed by atoms with Crippen LogP contribution in [0.5, 0.6) is 17.2 Å². The molecule has 1 unspecified atom stereocenters. The molecule has 1 saturated heterocycles. The maximum Gasteiger partial charge on any atom is 0.338 e. The van der Waals surface area contributed by atoms with E-state index in [4.69, 9.17) is 18.9 Å². The zero-order valence-corrected chi connectivity index (χ0v) is 25.4. The molecule has 3 heterocycles. The summed E-state index contributed by atoms with van der Waals surface area (Å²) in [6.07, 6.45) is 3.70. The number of non-ortho nitro benzene ring substituents is 1. The molecule has 1 atom stereocenters. The summed E-state index contributed by atoms with van der Waals surface area (Å²) in [5.74, 6) is 0.457. The second-order valence-corrected chi connectivity index (χ2v) is 11.0. The van der Waals surface area contributed by atoms with Crippen molar-refractivity contribution < 1.29 is 28.7 Å². The SMILES string of the molecule is CCOC(=O)C1=C(C)N=c2s/c(=C/c3cc([N+](=O)[O-])ccc3N3CCCC3)c(=O)n2C1c1cc(OC)c(OC)c(OC)c1. The lowest BCUT2D eigenvalue weighted by molar-refractivity contribution is -0.384. The van der Waals surface area contributed by atoms with Gasteiger partial charge < -0.3 is 23.8 Å². The Morgan fingerprint density at radius 3 is 2.37 bits per heavy atom. The quantitative estimate of drug-likeness (QED) is 0.204. The van der Waals surface area contributed by atoms with E-state index in [1.165, 1.54) is 38.0 Å². The number of nitro groups is 1. The number of carbonyl (C=O) groups excluding carboxylic acids is 1. The van der Waals surface area contributed by atoms with Crippen molar-refractivity contribution in [2.45, 2.75) is 32.7 Å². The van der Waals surface area contributed by atoms with Gasteiger partial charge in [0.2, 0.25) is 5.75 Å². The standard InChI is InChI=1S/C30H32N4O8S/c1-6-42-29(36)25-17(2)31-30-33(26(25)19-14-22(39-3)27(41-5)23(15-19)40-4)28(35)24(43-30)16-18-13-20(34(37)38)9-10-21(18)32-11-7-8-12-32/h9-10,13-16,26H,6-8,11-12H2,1-5H3/b24-16+. The number of hydrogen-bond acceptors (Lipinski definition) is 11. The van der Waals surface area contributed by atoms with Crippen molar-refractivity contribution >= 4 is 34.8 Å². The number of fused-ring (bicyclic) bond motifs is 1. The normalized spacial score (nSPS) is 16.5. The van der Waals surface area contributed by atoms with Crippen LogP contribution in [-0.4, -0.2) is 56.5 Å². The molecule has 2 aromatic carbocycles. The Morgan fingerprint density at radius 2 is 1.79 bits per heavy atom. The number of methoxy groups -OCH3 is 3. The molecular formula is C30H32N4O8S. The van der Waals surface area contributed by atoms with E-state index in [1.807, 2.05) is 0 Å². The molecule has 0 bridgehead atoms. The van der Waals surface area contributed by atoms with E-state index >= 15 is 0 Å². The fourth-order valence-corrected chi connectivity index (χ4v) is 6.56. The lowest BCUT2D eigenvalue weighted by Crippen LogP contribution is -2.40. The molecule has 226 valence electrons. The van der Waals surface area contributed by atoms with Crippen LogP contribution in [0, 0.1) is 10.1 Å². The summed E-state index contributed by atoms with van der Waals surface area (Å²) >= 11 is 1.15. The summed E-state index contributed by atoms with van der Waals surface area (Å²) < 4.78 is 23.8. The lowest BCUT2D eigenvalue weighted by Gasteiger charge is -2.26. The number of rotatable bonds is 9. The smallest absolute Gasteiger partial charge is 0.338 e. The highest BCUT2D eigenvalue weighted by molar-refractivity contribution is 7.07. The van der Waals surface area contributed by atoms with E-state index in [1.54, 1.807) is 38.1 Å². The van der Waals surface area contributed by atoms with Crippen LogP contribution in [0.25, 0.3) is 6.08 Å². The average Bonchev–Trinajstić information content (AvgIpc) is 3.64. The minimum atomic E-state index is -0.922. The van der Waals surface area contributed by atoms with Crippen molar-refractivity contribution in [2.75, 3.05) is 45.9 Å². The number of esters is 1. The van der Waals surface area contributed by atoms with Gasteiger partial charge in [-0.2, -0.15) is 0 Å². The summed E-state index contributed by atoms with van der Waals surface area (Å²) in [5, 5.41) is 11.6. The molecule has 12 nitrogen and oxygen atoms in total. The maximum absolute atomic E-state index is 14.2. The minimum absolute atomic E-state index is 0.0716. The van der Waals surface area contributed by atoms with Gasteiger partial charge in [0.25, 0.3) is 11.2 Å². The number of hydrogen-bond donors (Lipinski definition) is 0. The Hall–Kier alpha value is -4.65. The van der Waals surface area contributed by atoms with Gasteiger partial charge in [-0.05, 0) is 56.5 Å². The third kappa shape index (κ3) is 5.47. The van der Waals surface area contributed by atoms with Crippen LogP contribution in [0.1, 0.15) is 43.9 Å². The lowest BCUT2D eigenvalue weighted by atomic mass is 9.95. The molecule has 0 saturated carbocycles. The number of carbonyl (C=O) groups is 1. The second kappa shape index (κ2) is 12.3. The monoisotopic (exact) mass is 608 g/mol. The van der Waals surface area contributed by atoms with Gasteiger partial charge in [0.1, 0.15) is 0 Å². The van der Waals surface area contributed by atoms with Crippen LogP contribution in [0.3, 0.4) is 0 Å². The van der Waals surface area contributed by atoms with Gasteiger partial charge in [-0.15, -0.1) is 0 Å². The number of ether oxygens (including phenoxy) is 4. The van der Waals surface area contributed by atoms with Gasteiger partial charge in [0.15, 0.2) is 16.3 Å². The number of anilines is 1. The first kappa shape index (κ1) is 29.8.